The van der Waals surface area contributed by atoms with Crippen molar-refractivity contribution < 1.29 is 0 Å². The van der Waals surface area contributed by atoms with Crippen molar-refractivity contribution in [3.63, 3.8) is 0 Å². The number of rotatable bonds is 5. The number of aromatic nitrogens is 2. The molecular formula is C16H29N5. The number of likely N-dealkylation sites (tertiary alicyclic amines) is 1. The van der Waals surface area contributed by atoms with Crippen LogP contribution in [0.1, 0.15) is 36.9 Å². The van der Waals surface area contributed by atoms with Gasteiger partial charge in [0.2, 0.25) is 0 Å². The lowest BCUT2D eigenvalue weighted by Crippen LogP contribution is -2.43. The lowest BCUT2D eigenvalue weighted by molar-refractivity contribution is 0.189. The molecule has 1 aliphatic heterocycles. The van der Waals surface area contributed by atoms with Gasteiger partial charge in [-0.15, -0.1) is 0 Å². The molecule has 0 unspecified atom stereocenters. The molecule has 1 aromatic heterocycles. The summed E-state index contributed by atoms with van der Waals surface area (Å²) in [5.41, 5.74) is 2.48. The molecule has 0 spiro atoms. The van der Waals surface area contributed by atoms with Gasteiger partial charge in [0, 0.05) is 45.3 Å². The van der Waals surface area contributed by atoms with E-state index >= 15 is 0 Å². The summed E-state index contributed by atoms with van der Waals surface area (Å²) in [6, 6.07) is 1.58. The van der Waals surface area contributed by atoms with Crippen LogP contribution >= 0.6 is 0 Å². The summed E-state index contributed by atoms with van der Waals surface area (Å²) in [6.07, 6.45) is 5.43. The Labute approximate surface area is 128 Å². The maximum atomic E-state index is 4.57. The third-order valence-electron chi connectivity index (χ3n) is 4.90. The Balaban J connectivity index is 1.55. The molecule has 1 saturated heterocycles. The fourth-order valence-electron chi connectivity index (χ4n) is 3.61. The lowest BCUT2D eigenvalue weighted by Gasteiger charge is -2.32. The zero-order chi connectivity index (χ0) is 15.0. The summed E-state index contributed by atoms with van der Waals surface area (Å²) in [6.45, 7) is 5.59. The van der Waals surface area contributed by atoms with Crippen molar-refractivity contribution in [3.05, 3.63) is 11.3 Å². The second-order valence-electron chi connectivity index (χ2n) is 6.83. The molecule has 5 heteroatoms. The first-order valence-electron chi connectivity index (χ1n) is 8.23. The molecule has 2 heterocycles. The summed E-state index contributed by atoms with van der Waals surface area (Å²) >= 11 is 0. The van der Waals surface area contributed by atoms with Crippen molar-refractivity contribution in [2.75, 3.05) is 32.1 Å². The largest absolute Gasteiger partial charge is 0.363 e. The van der Waals surface area contributed by atoms with Gasteiger partial charge in [0.25, 0.3) is 0 Å². The van der Waals surface area contributed by atoms with E-state index in [0.29, 0.717) is 6.04 Å². The maximum absolute atomic E-state index is 4.57. The molecule has 0 aromatic carbocycles. The highest BCUT2D eigenvalue weighted by Gasteiger charge is 2.31. The number of nitrogens with one attached hydrogen (secondary N) is 1. The van der Waals surface area contributed by atoms with E-state index in [2.05, 4.69) is 41.2 Å². The van der Waals surface area contributed by atoms with Gasteiger partial charge in [0.1, 0.15) is 5.82 Å². The minimum absolute atomic E-state index is 0.662. The van der Waals surface area contributed by atoms with E-state index in [0.717, 1.165) is 18.3 Å². The van der Waals surface area contributed by atoms with Crippen LogP contribution in [0, 0.1) is 6.92 Å². The molecule has 118 valence electrons. The van der Waals surface area contributed by atoms with Gasteiger partial charge in [-0.2, -0.15) is 5.10 Å². The fourth-order valence-corrected chi connectivity index (χ4v) is 3.61. The predicted molar refractivity (Wildman–Crippen MR) is 86.7 cm³/mol. The molecule has 1 saturated carbocycles. The van der Waals surface area contributed by atoms with Crippen molar-refractivity contribution in [1.82, 2.24) is 20.0 Å². The minimum Gasteiger partial charge on any atom is -0.363 e. The molecule has 1 aromatic rings. The van der Waals surface area contributed by atoms with Crippen molar-refractivity contribution in [1.29, 1.82) is 0 Å². The second kappa shape index (κ2) is 5.97. The molecule has 21 heavy (non-hydrogen) atoms. The van der Waals surface area contributed by atoms with Gasteiger partial charge in [-0.05, 0) is 45.7 Å². The monoisotopic (exact) mass is 291 g/mol. The van der Waals surface area contributed by atoms with Gasteiger partial charge in [0.05, 0.1) is 5.69 Å². The Bertz CT molecular complexity index is 481. The van der Waals surface area contributed by atoms with Crippen LogP contribution in [0.3, 0.4) is 0 Å². The average Bonchev–Trinajstić information content (AvgIpc) is 3.23. The average molecular weight is 291 g/mol. The highest BCUT2D eigenvalue weighted by Crippen LogP contribution is 2.29. The second-order valence-corrected chi connectivity index (χ2v) is 6.83. The zero-order valence-corrected chi connectivity index (χ0v) is 13.9. The molecule has 0 bridgehead atoms. The van der Waals surface area contributed by atoms with Crippen LogP contribution < -0.4 is 10.2 Å². The van der Waals surface area contributed by atoms with Crippen molar-refractivity contribution in [2.24, 2.45) is 7.05 Å². The summed E-state index contributed by atoms with van der Waals surface area (Å²) < 4.78 is 1.99. The SMILES string of the molecule is Cc1nn(C)c(N(C)C)c1CNC1CCN(C2CC2)CC1. The molecular weight excluding hydrogens is 262 g/mol. The Morgan fingerprint density at radius 3 is 2.43 bits per heavy atom. The van der Waals surface area contributed by atoms with Crippen LogP contribution in [0.15, 0.2) is 0 Å². The van der Waals surface area contributed by atoms with Gasteiger partial charge in [-0.3, -0.25) is 4.68 Å². The Morgan fingerprint density at radius 2 is 1.86 bits per heavy atom. The van der Waals surface area contributed by atoms with Crippen molar-refractivity contribution >= 4 is 5.82 Å². The van der Waals surface area contributed by atoms with Crippen molar-refractivity contribution in [3.8, 4) is 0 Å². The van der Waals surface area contributed by atoms with E-state index in [4.69, 9.17) is 0 Å². The quantitative estimate of drug-likeness (QED) is 0.892. The van der Waals surface area contributed by atoms with Crippen LogP contribution in [-0.2, 0) is 13.6 Å². The summed E-state index contributed by atoms with van der Waals surface area (Å²) in [7, 11) is 6.21. The summed E-state index contributed by atoms with van der Waals surface area (Å²) in [5.74, 6) is 1.22. The van der Waals surface area contributed by atoms with Gasteiger partial charge in [0.15, 0.2) is 0 Å². The van der Waals surface area contributed by atoms with E-state index in [1.807, 2.05) is 11.7 Å². The third kappa shape index (κ3) is 3.24. The molecule has 0 amide bonds. The van der Waals surface area contributed by atoms with Crippen LogP contribution in [-0.4, -0.2) is 53.9 Å². The molecule has 1 N–H and O–H groups in total. The number of aryl methyl sites for hydroxylation is 2. The Hall–Kier alpha value is -1.07. The van der Waals surface area contributed by atoms with Crippen molar-refractivity contribution in [2.45, 2.75) is 51.2 Å². The molecule has 1 aliphatic carbocycles. The van der Waals surface area contributed by atoms with Gasteiger partial charge < -0.3 is 15.1 Å². The topological polar surface area (TPSA) is 36.3 Å². The van der Waals surface area contributed by atoms with Crippen LogP contribution in [0.25, 0.3) is 0 Å². The minimum atomic E-state index is 0.662. The standard InChI is InChI=1S/C16H29N5/c1-12-15(16(19(2)3)20(4)18-12)11-17-13-7-9-21(10-8-13)14-5-6-14/h13-14,17H,5-11H2,1-4H3. The van der Waals surface area contributed by atoms with E-state index < -0.39 is 0 Å². The molecule has 5 nitrogen and oxygen atoms in total. The smallest absolute Gasteiger partial charge is 0.130 e. The number of anilines is 1. The number of piperidine rings is 1. The van der Waals surface area contributed by atoms with E-state index in [1.165, 1.54) is 50.2 Å². The molecule has 2 fully saturated rings. The molecule has 0 atom stereocenters. The van der Waals surface area contributed by atoms with E-state index in [9.17, 15) is 0 Å². The van der Waals surface area contributed by atoms with Crippen LogP contribution in [0.5, 0.6) is 0 Å². The van der Waals surface area contributed by atoms with Crippen LogP contribution in [0.2, 0.25) is 0 Å². The zero-order valence-electron chi connectivity index (χ0n) is 13.9. The highest BCUT2D eigenvalue weighted by molar-refractivity contribution is 5.48. The van der Waals surface area contributed by atoms with E-state index in [-0.39, 0.29) is 0 Å². The van der Waals surface area contributed by atoms with E-state index in [1.54, 1.807) is 0 Å². The first kappa shape index (κ1) is 14.9. The van der Waals surface area contributed by atoms with Crippen LogP contribution in [0.4, 0.5) is 5.82 Å². The van der Waals surface area contributed by atoms with Gasteiger partial charge >= 0.3 is 0 Å². The number of nitrogens with zero attached hydrogens (tertiary/aromatic N) is 4. The lowest BCUT2D eigenvalue weighted by atomic mass is 10.0. The normalized spacial score (nSPS) is 21.0. The van der Waals surface area contributed by atoms with Gasteiger partial charge in [-0.1, -0.05) is 0 Å². The number of hydrogen-bond donors (Lipinski definition) is 1. The maximum Gasteiger partial charge on any atom is 0.130 e. The highest BCUT2D eigenvalue weighted by atomic mass is 15.4. The third-order valence-corrected chi connectivity index (χ3v) is 4.90. The first-order valence-corrected chi connectivity index (χ1v) is 8.23. The summed E-state index contributed by atoms with van der Waals surface area (Å²) in [5, 5.41) is 8.33. The molecule has 3 rings (SSSR count). The predicted octanol–water partition coefficient (Wildman–Crippen LogP) is 1.51. The van der Waals surface area contributed by atoms with Gasteiger partial charge in [-0.25, -0.2) is 0 Å². The summed E-state index contributed by atoms with van der Waals surface area (Å²) in [4.78, 5) is 4.84. The first-order chi connectivity index (χ1) is 10.1. The Kier molecular flexibility index (Phi) is 4.22. The fraction of sp³-hybridized carbons (Fsp3) is 0.812. The molecule has 0 radical (unpaired) electrons. The number of hydrogen-bond acceptors (Lipinski definition) is 4. The Morgan fingerprint density at radius 1 is 1.19 bits per heavy atom. The molecule has 2 aliphatic rings.